The zero-order chi connectivity index (χ0) is 16.6. The quantitative estimate of drug-likeness (QED) is 0.502. The maximum absolute atomic E-state index is 12.6. The van der Waals surface area contributed by atoms with E-state index in [1.807, 2.05) is 0 Å². The van der Waals surface area contributed by atoms with Crippen LogP contribution in [-0.4, -0.2) is 43.6 Å². The normalized spacial score (nSPS) is 12.9. The fourth-order valence-corrected chi connectivity index (χ4v) is 1.86. The molecule has 0 saturated heterocycles. The molecule has 0 aromatic heterocycles. The molecule has 6 nitrogen and oxygen atoms in total. The van der Waals surface area contributed by atoms with Crippen LogP contribution in [0.3, 0.4) is 0 Å². The van der Waals surface area contributed by atoms with E-state index in [0.29, 0.717) is 6.61 Å². The zero-order valence-corrected chi connectivity index (χ0v) is 13.7. The molecule has 0 aromatic carbocycles. The van der Waals surface area contributed by atoms with Crippen molar-refractivity contribution >= 4 is 17.7 Å². The van der Waals surface area contributed by atoms with Crippen LogP contribution in [0.1, 0.15) is 41.5 Å². The van der Waals surface area contributed by atoms with Crippen LogP contribution in [0.25, 0.3) is 0 Å². The van der Waals surface area contributed by atoms with Gasteiger partial charge in [-0.3, -0.25) is 14.4 Å². The Kier molecular flexibility index (Phi) is 8.17. The lowest BCUT2D eigenvalue weighted by atomic mass is 9.82. The summed E-state index contributed by atoms with van der Waals surface area (Å²) < 4.78 is 15.1. The van der Waals surface area contributed by atoms with Crippen molar-refractivity contribution in [3.63, 3.8) is 0 Å². The van der Waals surface area contributed by atoms with Crippen LogP contribution in [-0.2, 0) is 28.6 Å². The molecule has 0 aliphatic rings. The molecular formula is C15H26O6. The second-order valence-electron chi connectivity index (χ2n) is 5.54. The summed E-state index contributed by atoms with van der Waals surface area (Å²) in [6, 6.07) is 0. The van der Waals surface area contributed by atoms with E-state index in [-0.39, 0.29) is 13.2 Å². The molecule has 0 aliphatic heterocycles. The smallest absolute Gasteiger partial charge is 0.328 e. The highest BCUT2D eigenvalue weighted by Gasteiger charge is 2.44. The number of ketones is 1. The predicted octanol–water partition coefficient (Wildman–Crippen LogP) is 1.75. The maximum atomic E-state index is 12.6. The molecule has 0 N–H and O–H groups in total. The van der Waals surface area contributed by atoms with E-state index >= 15 is 0 Å². The average Bonchev–Trinajstić information content (AvgIpc) is 2.35. The third-order valence-electron chi connectivity index (χ3n) is 2.71. The van der Waals surface area contributed by atoms with Gasteiger partial charge in [0.25, 0.3) is 0 Å². The van der Waals surface area contributed by atoms with Crippen LogP contribution in [0.4, 0.5) is 0 Å². The van der Waals surface area contributed by atoms with Gasteiger partial charge in [0.15, 0.2) is 5.78 Å². The minimum Gasteiger partial charge on any atom is -0.465 e. The molecule has 0 bridgehead atoms. The molecule has 0 aromatic rings. The largest absolute Gasteiger partial charge is 0.465 e. The van der Waals surface area contributed by atoms with E-state index in [4.69, 9.17) is 14.2 Å². The van der Waals surface area contributed by atoms with Crippen LogP contribution in [0.15, 0.2) is 0 Å². The molecular weight excluding hydrogens is 276 g/mol. The van der Waals surface area contributed by atoms with E-state index in [1.54, 1.807) is 41.5 Å². The Morgan fingerprint density at radius 2 is 1.29 bits per heavy atom. The number of ether oxygens (including phenoxy) is 3. The number of rotatable bonds is 8. The minimum atomic E-state index is -1.60. The molecule has 0 fully saturated rings. The van der Waals surface area contributed by atoms with Gasteiger partial charge < -0.3 is 14.2 Å². The Balaban J connectivity index is 5.42. The molecule has 0 amide bonds. The van der Waals surface area contributed by atoms with E-state index in [0.717, 1.165) is 0 Å². The van der Waals surface area contributed by atoms with Crippen molar-refractivity contribution in [3.05, 3.63) is 0 Å². The third-order valence-corrected chi connectivity index (χ3v) is 2.71. The summed E-state index contributed by atoms with van der Waals surface area (Å²) in [6.45, 7) is 10.8. The molecule has 6 heteroatoms. The lowest BCUT2D eigenvalue weighted by Crippen LogP contribution is -2.46. The van der Waals surface area contributed by atoms with Crippen molar-refractivity contribution < 1.29 is 28.6 Å². The molecule has 0 saturated carbocycles. The third kappa shape index (κ3) is 5.83. The molecule has 122 valence electrons. The molecule has 0 spiro atoms. The number of esters is 2. The maximum Gasteiger partial charge on any atom is 0.328 e. The number of Topliss-reactive ketones (excluding diaryl/α,β-unsaturated/α-hetero) is 1. The van der Waals surface area contributed by atoms with Gasteiger partial charge in [-0.1, -0.05) is 20.8 Å². The van der Waals surface area contributed by atoms with Gasteiger partial charge in [-0.25, -0.2) is 0 Å². The van der Waals surface area contributed by atoms with E-state index < -0.39 is 35.2 Å². The second kappa shape index (κ2) is 8.77. The number of carbonyl (C=O) groups excluding carboxylic acids is 3. The first-order valence-electron chi connectivity index (χ1n) is 7.19. The van der Waals surface area contributed by atoms with Crippen molar-refractivity contribution in [2.75, 3.05) is 19.8 Å². The van der Waals surface area contributed by atoms with Gasteiger partial charge in [-0.05, 0) is 26.2 Å². The first kappa shape index (κ1) is 19.6. The van der Waals surface area contributed by atoms with Crippen LogP contribution in [0.2, 0.25) is 0 Å². The number of carbonyl (C=O) groups is 3. The Morgan fingerprint density at radius 3 is 1.57 bits per heavy atom. The van der Waals surface area contributed by atoms with Crippen molar-refractivity contribution in [3.8, 4) is 0 Å². The summed E-state index contributed by atoms with van der Waals surface area (Å²) in [5, 5.41) is 0. The van der Waals surface area contributed by atoms with Gasteiger partial charge in [0.05, 0.1) is 13.2 Å². The van der Waals surface area contributed by atoms with Gasteiger partial charge in [0.2, 0.25) is 5.92 Å². The average molecular weight is 302 g/mol. The van der Waals surface area contributed by atoms with Gasteiger partial charge in [-0.15, -0.1) is 0 Å². The molecule has 0 radical (unpaired) electrons. The molecule has 1 atom stereocenters. The first-order chi connectivity index (χ1) is 9.70. The Hall–Kier alpha value is -1.43. The first-order valence-corrected chi connectivity index (χ1v) is 7.19. The monoisotopic (exact) mass is 302 g/mol. The van der Waals surface area contributed by atoms with Crippen LogP contribution < -0.4 is 0 Å². The van der Waals surface area contributed by atoms with Crippen molar-refractivity contribution in [1.29, 1.82) is 0 Å². The van der Waals surface area contributed by atoms with E-state index in [1.165, 1.54) is 0 Å². The minimum absolute atomic E-state index is 0.0802. The molecule has 0 aliphatic carbocycles. The topological polar surface area (TPSA) is 78.9 Å². The van der Waals surface area contributed by atoms with Crippen molar-refractivity contribution in [1.82, 2.24) is 0 Å². The molecule has 1 unspecified atom stereocenters. The van der Waals surface area contributed by atoms with Crippen molar-refractivity contribution in [2.45, 2.75) is 47.6 Å². The van der Waals surface area contributed by atoms with Gasteiger partial charge in [0.1, 0.15) is 6.10 Å². The standard InChI is InChI=1S/C15H26O6/c1-7-19-12(15(4,5)6)11(16)10(13(17)20-8-2)14(18)21-9-3/h10,12H,7-9H2,1-6H3. The fourth-order valence-electron chi connectivity index (χ4n) is 1.86. The Labute approximate surface area is 126 Å². The number of hydrogen-bond acceptors (Lipinski definition) is 6. The van der Waals surface area contributed by atoms with Gasteiger partial charge in [-0.2, -0.15) is 0 Å². The van der Waals surface area contributed by atoms with E-state index in [9.17, 15) is 14.4 Å². The van der Waals surface area contributed by atoms with Crippen LogP contribution >= 0.6 is 0 Å². The lowest BCUT2D eigenvalue weighted by molar-refractivity contribution is -0.168. The summed E-state index contributed by atoms with van der Waals surface area (Å²) in [5.41, 5.74) is -0.551. The van der Waals surface area contributed by atoms with Gasteiger partial charge >= 0.3 is 11.9 Å². The van der Waals surface area contributed by atoms with E-state index in [2.05, 4.69) is 0 Å². The summed E-state index contributed by atoms with van der Waals surface area (Å²) in [6.07, 6.45) is -0.888. The molecule has 0 heterocycles. The van der Waals surface area contributed by atoms with Crippen molar-refractivity contribution in [2.24, 2.45) is 11.3 Å². The second-order valence-corrected chi connectivity index (χ2v) is 5.54. The summed E-state index contributed by atoms with van der Waals surface area (Å²) in [4.78, 5) is 36.5. The summed E-state index contributed by atoms with van der Waals surface area (Å²) in [5.74, 6) is -4.01. The van der Waals surface area contributed by atoms with Crippen LogP contribution in [0.5, 0.6) is 0 Å². The Morgan fingerprint density at radius 1 is 0.857 bits per heavy atom. The molecule has 21 heavy (non-hydrogen) atoms. The number of hydrogen-bond donors (Lipinski definition) is 0. The summed E-state index contributed by atoms with van der Waals surface area (Å²) in [7, 11) is 0. The predicted molar refractivity (Wildman–Crippen MR) is 76.6 cm³/mol. The summed E-state index contributed by atoms with van der Waals surface area (Å²) >= 11 is 0. The highest BCUT2D eigenvalue weighted by molar-refractivity contribution is 6.16. The lowest BCUT2D eigenvalue weighted by Gasteiger charge is -2.30. The van der Waals surface area contributed by atoms with Crippen LogP contribution in [0, 0.1) is 11.3 Å². The zero-order valence-electron chi connectivity index (χ0n) is 13.7. The Bertz CT molecular complexity index is 351. The highest BCUT2D eigenvalue weighted by Crippen LogP contribution is 2.26. The van der Waals surface area contributed by atoms with Gasteiger partial charge in [0, 0.05) is 6.61 Å². The SMILES string of the molecule is CCOC(=O)C(C(=O)OCC)C(=O)C(OCC)C(C)(C)C. The highest BCUT2D eigenvalue weighted by atomic mass is 16.6. The fraction of sp³-hybridized carbons (Fsp3) is 0.800. The molecule has 0 rings (SSSR count).